The summed E-state index contributed by atoms with van der Waals surface area (Å²) < 4.78 is 0. The largest absolute Gasteiger partial charge is 0.335 e. The van der Waals surface area contributed by atoms with E-state index in [1.165, 1.54) is 11.1 Å². The predicted molar refractivity (Wildman–Crippen MR) is 73.4 cm³/mol. The zero-order valence-electron chi connectivity index (χ0n) is 9.95. The highest BCUT2D eigenvalue weighted by Gasteiger charge is 2.17. The van der Waals surface area contributed by atoms with Gasteiger partial charge in [-0.15, -0.1) is 0 Å². The quantitative estimate of drug-likeness (QED) is 0.605. The molecule has 0 bridgehead atoms. The van der Waals surface area contributed by atoms with E-state index < -0.39 is 0 Å². The Morgan fingerprint density at radius 2 is 2.06 bits per heavy atom. The van der Waals surface area contributed by atoms with Crippen molar-refractivity contribution in [2.45, 2.75) is 18.7 Å². The molecule has 0 saturated carbocycles. The van der Waals surface area contributed by atoms with E-state index in [4.69, 9.17) is 0 Å². The van der Waals surface area contributed by atoms with Crippen LogP contribution in [0, 0.1) is 0 Å². The summed E-state index contributed by atoms with van der Waals surface area (Å²) in [5.74, 6) is 0.134. The molecule has 0 N–H and O–H groups in total. The topological polar surface area (TPSA) is 20.3 Å². The number of rotatable bonds is 2. The van der Waals surface area contributed by atoms with E-state index in [9.17, 15) is 4.79 Å². The molecule has 0 aliphatic carbocycles. The van der Waals surface area contributed by atoms with Gasteiger partial charge < -0.3 is 4.90 Å². The molecule has 2 rings (SSSR count). The SMILES string of the molecule is CC1=CCN(C(=O)c2ccc(CBr)cc2)CC1. The van der Waals surface area contributed by atoms with Crippen LogP contribution in [0.1, 0.15) is 29.3 Å². The van der Waals surface area contributed by atoms with Gasteiger partial charge >= 0.3 is 0 Å². The Balaban J connectivity index is 2.09. The van der Waals surface area contributed by atoms with Gasteiger partial charge in [0.05, 0.1) is 0 Å². The molecule has 3 heteroatoms. The summed E-state index contributed by atoms with van der Waals surface area (Å²) in [6.07, 6.45) is 3.12. The van der Waals surface area contributed by atoms with E-state index in [1.807, 2.05) is 29.2 Å². The summed E-state index contributed by atoms with van der Waals surface area (Å²) in [5, 5.41) is 0.827. The molecule has 17 heavy (non-hydrogen) atoms. The van der Waals surface area contributed by atoms with Crippen LogP contribution in [-0.2, 0) is 5.33 Å². The van der Waals surface area contributed by atoms with Crippen LogP contribution in [0.25, 0.3) is 0 Å². The Kier molecular flexibility index (Phi) is 4.00. The van der Waals surface area contributed by atoms with Crippen molar-refractivity contribution < 1.29 is 4.79 Å². The number of carbonyl (C=O) groups is 1. The maximum absolute atomic E-state index is 12.2. The number of carbonyl (C=O) groups excluding carboxylic acids is 1. The highest BCUT2D eigenvalue weighted by molar-refractivity contribution is 9.08. The van der Waals surface area contributed by atoms with Crippen molar-refractivity contribution in [3.63, 3.8) is 0 Å². The minimum Gasteiger partial charge on any atom is -0.335 e. The van der Waals surface area contributed by atoms with Crippen LogP contribution in [0.4, 0.5) is 0 Å². The zero-order chi connectivity index (χ0) is 12.3. The third-order valence-electron chi connectivity index (χ3n) is 3.08. The predicted octanol–water partition coefficient (Wildman–Crippen LogP) is 3.37. The van der Waals surface area contributed by atoms with Crippen molar-refractivity contribution >= 4 is 21.8 Å². The zero-order valence-corrected chi connectivity index (χ0v) is 11.5. The first-order valence-corrected chi connectivity index (χ1v) is 6.92. The van der Waals surface area contributed by atoms with Crippen LogP contribution < -0.4 is 0 Å². The highest BCUT2D eigenvalue weighted by atomic mass is 79.9. The molecule has 1 aromatic rings. The molecule has 0 unspecified atom stereocenters. The van der Waals surface area contributed by atoms with Crippen molar-refractivity contribution in [3.8, 4) is 0 Å². The van der Waals surface area contributed by atoms with Crippen LogP contribution in [0.15, 0.2) is 35.9 Å². The molecule has 1 amide bonds. The van der Waals surface area contributed by atoms with E-state index in [-0.39, 0.29) is 5.91 Å². The maximum Gasteiger partial charge on any atom is 0.254 e. The average molecular weight is 294 g/mol. The molecule has 0 atom stereocenters. The van der Waals surface area contributed by atoms with Crippen LogP contribution in [0.5, 0.6) is 0 Å². The first kappa shape index (κ1) is 12.4. The van der Waals surface area contributed by atoms with Crippen molar-refractivity contribution in [1.29, 1.82) is 0 Å². The summed E-state index contributed by atoms with van der Waals surface area (Å²) in [7, 11) is 0. The van der Waals surface area contributed by atoms with Gasteiger partial charge in [-0.2, -0.15) is 0 Å². The molecule has 0 spiro atoms. The van der Waals surface area contributed by atoms with Crippen LogP contribution in [0.2, 0.25) is 0 Å². The summed E-state index contributed by atoms with van der Waals surface area (Å²) in [6.45, 7) is 3.69. The minimum absolute atomic E-state index is 0.134. The molecule has 0 fully saturated rings. The van der Waals surface area contributed by atoms with E-state index in [1.54, 1.807) is 0 Å². The number of alkyl halides is 1. The van der Waals surface area contributed by atoms with Crippen molar-refractivity contribution in [1.82, 2.24) is 4.90 Å². The third-order valence-corrected chi connectivity index (χ3v) is 3.73. The van der Waals surface area contributed by atoms with Gasteiger partial charge in [-0.1, -0.05) is 39.7 Å². The normalized spacial score (nSPS) is 15.6. The highest BCUT2D eigenvalue weighted by Crippen LogP contribution is 2.14. The fourth-order valence-electron chi connectivity index (χ4n) is 1.87. The summed E-state index contributed by atoms with van der Waals surface area (Å²) >= 11 is 3.40. The molecular formula is C14H16BrNO. The van der Waals surface area contributed by atoms with E-state index in [0.29, 0.717) is 0 Å². The number of amides is 1. The summed E-state index contributed by atoms with van der Waals surface area (Å²) in [6, 6.07) is 7.80. The van der Waals surface area contributed by atoms with Crippen LogP contribution in [0.3, 0.4) is 0 Å². The first-order valence-electron chi connectivity index (χ1n) is 5.80. The lowest BCUT2D eigenvalue weighted by atomic mass is 10.1. The molecule has 90 valence electrons. The maximum atomic E-state index is 12.2. The molecule has 0 radical (unpaired) electrons. The third kappa shape index (κ3) is 2.97. The smallest absolute Gasteiger partial charge is 0.254 e. The van der Waals surface area contributed by atoms with E-state index in [2.05, 4.69) is 28.9 Å². The Hall–Kier alpha value is -1.09. The lowest BCUT2D eigenvalue weighted by Crippen LogP contribution is -2.34. The Bertz CT molecular complexity index is 436. The Labute approximate surface area is 110 Å². The van der Waals surface area contributed by atoms with Crippen LogP contribution >= 0.6 is 15.9 Å². The fourth-order valence-corrected chi connectivity index (χ4v) is 2.25. The molecule has 1 aromatic carbocycles. The molecule has 1 aliphatic rings. The molecular weight excluding hydrogens is 278 g/mol. The van der Waals surface area contributed by atoms with Gasteiger partial charge in [0, 0.05) is 24.0 Å². The fraction of sp³-hybridized carbons (Fsp3) is 0.357. The minimum atomic E-state index is 0.134. The standard InChI is InChI=1S/C14H16BrNO/c1-11-6-8-16(9-7-11)14(17)13-4-2-12(10-15)3-5-13/h2-6H,7-10H2,1H3. The van der Waals surface area contributed by atoms with Gasteiger partial charge in [0.1, 0.15) is 0 Å². The molecule has 0 saturated heterocycles. The van der Waals surface area contributed by atoms with Gasteiger partial charge in [0.25, 0.3) is 5.91 Å². The van der Waals surface area contributed by atoms with Crippen molar-refractivity contribution in [2.24, 2.45) is 0 Å². The number of halogens is 1. The number of hydrogen-bond acceptors (Lipinski definition) is 1. The monoisotopic (exact) mass is 293 g/mol. The van der Waals surface area contributed by atoms with Crippen LogP contribution in [-0.4, -0.2) is 23.9 Å². The second-order valence-electron chi connectivity index (χ2n) is 4.38. The number of hydrogen-bond donors (Lipinski definition) is 0. The summed E-state index contributed by atoms with van der Waals surface area (Å²) in [4.78, 5) is 14.1. The van der Waals surface area contributed by atoms with E-state index >= 15 is 0 Å². The van der Waals surface area contributed by atoms with Gasteiger partial charge in [-0.3, -0.25) is 4.79 Å². The van der Waals surface area contributed by atoms with Gasteiger partial charge in [0.15, 0.2) is 0 Å². The lowest BCUT2D eigenvalue weighted by Gasteiger charge is -2.25. The van der Waals surface area contributed by atoms with E-state index in [0.717, 1.165) is 30.4 Å². The molecule has 2 nitrogen and oxygen atoms in total. The second-order valence-corrected chi connectivity index (χ2v) is 4.94. The summed E-state index contributed by atoms with van der Waals surface area (Å²) in [5.41, 5.74) is 3.35. The van der Waals surface area contributed by atoms with Gasteiger partial charge in [-0.25, -0.2) is 0 Å². The van der Waals surface area contributed by atoms with Crippen molar-refractivity contribution in [2.75, 3.05) is 13.1 Å². The van der Waals surface area contributed by atoms with Gasteiger partial charge in [0.2, 0.25) is 0 Å². The molecule has 1 aliphatic heterocycles. The number of nitrogens with zero attached hydrogens (tertiary/aromatic N) is 1. The first-order chi connectivity index (χ1) is 8.20. The lowest BCUT2D eigenvalue weighted by molar-refractivity contribution is 0.0769. The second kappa shape index (κ2) is 5.50. The number of benzene rings is 1. The molecule has 0 aromatic heterocycles. The Morgan fingerprint density at radius 1 is 1.35 bits per heavy atom. The van der Waals surface area contributed by atoms with Crippen molar-refractivity contribution in [3.05, 3.63) is 47.0 Å². The van der Waals surface area contributed by atoms with Gasteiger partial charge in [-0.05, 0) is 31.0 Å². The molecule has 1 heterocycles. The Morgan fingerprint density at radius 3 is 2.59 bits per heavy atom. The average Bonchev–Trinajstić information content (AvgIpc) is 2.39.